The summed E-state index contributed by atoms with van der Waals surface area (Å²) in [5.74, 6) is -2.46. The van der Waals surface area contributed by atoms with Gasteiger partial charge >= 0.3 is 5.91 Å². The summed E-state index contributed by atoms with van der Waals surface area (Å²) in [4.78, 5) is 31.2. The van der Waals surface area contributed by atoms with Gasteiger partial charge in [0.15, 0.2) is 0 Å². The Labute approximate surface area is 182 Å². The van der Waals surface area contributed by atoms with Gasteiger partial charge in [0.25, 0.3) is 5.78 Å². The first-order valence-electron chi connectivity index (χ1n) is 9.24. The number of amides is 1. The molecule has 1 aliphatic rings. The van der Waals surface area contributed by atoms with Gasteiger partial charge in [0.2, 0.25) is 0 Å². The summed E-state index contributed by atoms with van der Waals surface area (Å²) < 4.78 is 19.9. The monoisotopic (exact) mass is 438 g/mol. The van der Waals surface area contributed by atoms with Crippen molar-refractivity contribution in [1.29, 1.82) is 0 Å². The van der Waals surface area contributed by atoms with Crippen LogP contribution in [0.2, 0.25) is 5.02 Å². The summed E-state index contributed by atoms with van der Waals surface area (Å²) in [7, 11) is 1.44. The summed E-state index contributed by atoms with van der Waals surface area (Å²) in [6, 6.07) is 13.8. The van der Waals surface area contributed by atoms with Gasteiger partial charge < -0.3 is 9.84 Å². The number of carbonyl (C=O) groups is 2. The fourth-order valence-corrected chi connectivity index (χ4v) is 3.78. The first kappa shape index (κ1) is 20.6. The van der Waals surface area contributed by atoms with Crippen molar-refractivity contribution < 1.29 is 23.8 Å². The van der Waals surface area contributed by atoms with Crippen LogP contribution >= 0.6 is 11.6 Å². The van der Waals surface area contributed by atoms with Gasteiger partial charge in [0.1, 0.15) is 23.1 Å². The lowest BCUT2D eigenvalue weighted by Crippen LogP contribution is -2.30. The average molecular weight is 439 g/mol. The van der Waals surface area contributed by atoms with Crippen LogP contribution in [-0.4, -0.2) is 28.9 Å². The number of carbonyl (C=O) groups excluding carboxylic acids is 2. The first-order valence-corrected chi connectivity index (χ1v) is 9.62. The molecule has 1 aliphatic heterocycles. The van der Waals surface area contributed by atoms with E-state index >= 15 is 0 Å². The van der Waals surface area contributed by atoms with E-state index in [0.717, 1.165) is 4.90 Å². The number of pyridine rings is 1. The minimum absolute atomic E-state index is 0.0495. The van der Waals surface area contributed by atoms with Crippen LogP contribution in [0.4, 0.5) is 10.2 Å². The number of ketones is 1. The smallest absolute Gasteiger partial charge is 0.301 e. The molecule has 2 heterocycles. The maximum atomic E-state index is 14.8. The Hall–Kier alpha value is -3.71. The van der Waals surface area contributed by atoms with Gasteiger partial charge in [0.05, 0.1) is 23.7 Å². The van der Waals surface area contributed by atoms with E-state index in [1.54, 1.807) is 18.2 Å². The number of aliphatic hydroxyl groups is 1. The Morgan fingerprint density at radius 3 is 2.52 bits per heavy atom. The third kappa shape index (κ3) is 3.53. The first-order chi connectivity index (χ1) is 14.9. The largest absolute Gasteiger partial charge is 0.507 e. The highest BCUT2D eigenvalue weighted by Crippen LogP contribution is 2.42. The highest BCUT2D eigenvalue weighted by Gasteiger charge is 2.48. The lowest BCUT2D eigenvalue weighted by molar-refractivity contribution is -0.132. The number of rotatable bonds is 4. The van der Waals surface area contributed by atoms with Gasteiger partial charge in [-0.2, -0.15) is 0 Å². The van der Waals surface area contributed by atoms with Crippen molar-refractivity contribution in [2.45, 2.75) is 6.04 Å². The zero-order valence-electron chi connectivity index (χ0n) is 16.3. The lowest BCUT2D eigenvalue weighted by atomic mass is 9.95. The summed E-state index contributed by atoms with van der Waals surface area (Å²) in [6.45, 7) is 0. The maximum Gasteiger partial charge on any atom is 0.301 e. The molecule has 0 spiro atoms. The molecule has 1 N–H and O–H groups in total. The average Bonchev–Trinajstić information content (AvgIpc) is 3.04. The fraction of sp³-hybridized carbons (Fsp3) is 0.0870. The van der Waals surface area contributed by atoms with Crippen molar-refractivity contribution in [1.82, 2.24) is 4.98 Å². The van der Waals surface area contributed by atoms with Crippen molar-refractivity contribution in [3.63, 3.8) is 0 Å². The standard InChI is InChI=1S/C23H16ClFN2O4/c1-31-17-10-9-13(12-15(17)24)21(28)19-20(14-6-2-3-7-16(14)25)27(23(30)22(19)29)18-8-4-5-11-26-18/h2-12,20,28H,1H3/t20-/m1/s1. The van der Waals surface area contributed by atoms with Crippen molar-refractivity contribution >= 4 is 34.9 Å². The Kier molecular flexibility index (Phi) is 5.44. The maximum absolute atomic E-state index is 14.8. The number of hydrogen-bond donors (Lipinski definition) is 1. The zero-order valence-corrected chi connectivity index (χ0v) is 17.0. The van der Waals surface area contributed by atoms with Crippen molar-refractivity contribution in [2.24, 2.45) is 0 Å². The second-order valence-corrected chi connectivity index (χ2v) is 7.14. The molecule has 156 valence electrons. The molecular formula is C23H16ClFN2O4. The normalized spacial score (nSPS) is 17.8. The second-order valence-electron chi connectivity index (χ2n) is 6.73. The van der Waals surface area contributed by atoms with Crippen LogP contribution in [0.3, 0.4) is 0 Å². The molecule has 0 radical (unpaired) electrons. The quantitative estimate of drug-likeness (QED) is 0.368. The Morgan fingerprint density at radius 1 is 1.13 bits per heavy atom. The molecule has 1 amide bonds. The number of aliphatic hydroxyl groups excluding tert-OH is 1. The van der Waals surface area contributed by atoms with Gasteiger partial charge in [-0.15, -0.1) is 0 Å². The molecule has 4 rings (SSSR count). The van der Waals surface area contributed by atoms with Gasteiger partial charge in [-0.05, 0) is 36.4 Å². The number of hydrogen-bond acceptors (Lipinski definition) is 5. The molecule has 3 aromatic rings. The number of Topliss-reactive ketones (excluding diaryl/α,β-unsaturated/α-hetero) is 1. The molecule has 1 saturated heterocycles. The van der Waals surface area contributed by atoms with Crippen molar-refractivity contribution in [2.75, 3.05) is 12.0 Å². The lowest BCUT2D eigenvalue weighted by Gasteiger charge is -2.24. The molecule has 31 heavy (non-hydrogen) atoms. The Morgan fingerprint density at radius 2 is 1.87 bits per heavy atom. The van der Waals surface area contributed by atoms with Gasteiger partial charge in [-0.1, -0.05) is 35.9 Å². The van der Waals surface area contributed by atoms with E-state index in [4.69, 9.17) is 16.3 Å². The number of benzene rings is 2. The van der Waals surface area contributed by atoms with Crippen LogP contribution in [-0.2, 0) is 9.59 Å². The number of nitrogens with zero attached hydrogens (tertiary/aromatic N) is 2. The molecular weight excluding hydrogens is 423 g/mol. The van der Waals surface area contributed by atoms with E-state index in [9.17, 15) is 19.1 Å². The van der Waals surface area contributed by atoms with Crippen LogP contribution in [0.15, 0.2) is 72.4 Å². The number of halogens is 2. The van der Waals surface area contributed by atoms with Crippen LogP contribution in [0.25, 0.3) is 5.76 Å². The molecule has 6 nitrogen and oxygen atoms in total. The van der Waals surface area contributed by atoms with Crippen molar-refractivity contribution in [3.05, 3.63) is 94.4 Å². The Balaban J connectivity index is 1.96. The summed E-state index contributed by atoms with van der Waals surface area (Å²) >= 11 is 6.16. The third-order valence-electron chi connectivity index (χ3n) is 4.97. The summed E-state index contributed by atoms with van der Waals surface area (Å²) in [5, 5.41) is 11.2. The Bertz CT molecular complexity index is 1210. The topological polar surface area (TPSA) is 79.7 Å². The predicted molar refractivity (Wildman–Crippen MR) is 113 cm³/mol. The molecule has 8 heteroatoms. The van der Waals surface area contributed by atoms with Gasteiger partial charge in [-0.25, -0.2) is 9.37 Å². The number of ether oxygens (including phenoxy) is 1. The van der Waals surface area contributed by atoms with E-state index in [1.165, 1.54) is 55.8 Å². The zero-order chi connectivity index (χ0) is 22.1. The molecule has 0 unspecified atom stereocenters. The number of methoxy groups -OCH3 is 1. The van der Waals surface area contributed by atoms with E-state index in [1.807, 2.05) is 0 Å². The van der Waals surface area contributed by atoms with Gasteiger partial charge in [-0.3, -0.25) is 14.5 Å². The van der Waals surface area contributed by atoms with Crippen LogP contribution in [0, 0.1) is 5.82 Å². The molecule has 0 saturated carbocycles. The second kappa shape index (κ2) is 8.20. The van der Waals surface area contributed by atoms with E-state index < -0.39 is 29.3 Å². The highest BCUT2D eigenvalue weighted by atomic mass is 35.5. The number of aromatic nitrogens is 1. The molecule has 1 aromatic heterocycles. The van der Waals surface area contributed by atoms with Crippen LogP contribution in [0.1, 0.15) is 17.2 Å². The minimum Gasteiger partial charge on any atom is -0.507 e. The molecule has 0 bridgehead atoms. The van der Waals surface area contributed by atoms with E-state index in [0.29, 0.717) is 5.75 Å². The van der Waals surface area contributed by atoms with Crippen LogP contribution in [0.5, 0.6) is 5.75 Å². The summed E-state index contributed by atoms with van der Waals surface area (Å²) in [5.41, 5.74) is -0.0262. The SMILES string of the molecule is COc1ccc(C(O)=C2C(=O)C(=O)N(c3ccccn3)[C@@H]2c2ccccc2F)cc1Cl. The van der Waals surface area contributed by atoms with Gasteiger partial charge in [0, 0.05) is 17.3 Å². The van der Waals surface area contributed by atoms with E-state index in [2.05, 4.69) is 4.98 Å². The molecule has 0 aliphatic carbocycles. The van der Waals surface area contributed by atoms with E-state index in [-0.39, 0.29) is 27.5 Å². The van der Waals surface area contributed by atoms with Crippen molar-refractivity contribution in [3.8, 4) is 5.75 Å². The molecule has 1 fully saturated rings. The van der Waals surface area contributed by atoms with Crippen LogP contribution < -0.4 is 9.64 Å². The number of anilines is 1. The fourth-order valence-electron chi connectivity index (χ4n) is 3.53. The minimum atomic E-state index is -1.21. The molecule has 2 aromatic carbocycles. The highest BCUT2D eigenvalue weighted by molar-refractivity contribution is 6.51. The predicted octanol–water partition coefficient (Wildman–Crippen LogP) is 4.51. The third-order valence-corrected chi connectivity index (χ3v) is 5.26. The summed E-state index contributed by atoms with van der Waals surface area (Å²) in [6.07, 6.45) is 1.45. The molecule has 1 atom stereocenters.